The SMILES string of the molecule is CCc1cc(CC)c(C(C)Cl)c(CC)c1. The Balaban J connectivity index is 3.32. The molecular weight excluding hydrogens is 204 g/mol. The summed E-state index contributed by atoms with van der Waals surface area (Å²) < 4.78 is 0. The highest BCUT2D eigenvalue weighted by molar-refractivity contribution is 6.20. The Hall–Kier alpha value is -0.490. The molecule has 0 N–H and O–H groups in total. The van der Waals surface area contributed by atoms with Crippen LogP contribution in [-0.2, 0) is 19.3 Å². The second-order valence-corrected chi connectivity index (χ2v) is 4.66. The van der Waals surface area contributed by atoms with Gasteiger partial charge in [0.25, 0.3) is 0 Å². The van der Waals surface area contributed by atoms with Crippen molar-refractivity contribution < 1.29 is 0 Å². The van der Waals surface area contributed by atoms with Crippen LogP contribution in [0.25, 0.3) is 0 Å². The summed E-state index contributed by atoms with van der Waals surface area (Å²) in [6.07, 6.45) is 3.26. The van der Waals surface area contributed by atoms with E-state index in [1.807, 2.05) is 0 Å². The van der Waals surface area contributed by atoms with Crippen LogP contribution in [0.2, 0.25) is 0 Å². The average Bonchev–Trinajstić information content (AvgIpc) is 2.26. The lowest BCUT2D eigenvalue weighted by atomic mass is 9.92. The van der Waals surface area contributed by atoms with E-state index >= 15 is 0 Å². The third-order valence-corrected chi connectivity index (χ3v) is 3.20. The van der Waals surface area contributed by atoms with Gasteiger partial charge in [-0.3, -0.25) is 0 Å². The summed E-state index contributed by atoms with van der Waals surface area (Å²) in [5, 5.41) is 0.126. The van der Waals surface area contributed by atoms with Crippen LogP contribution in [0.3, 0.4) is 0 Å². The van der Waals surface area contributed by atoms with Crippen LogP contribution in [0.5, 0.6) is 0 Å². The first kappa shape index (κ1) is 12.6. The summed E-state index contributed by atoms with van der Waals surface area (Å²) in [5.41, 5.74) is 5.64. The Labute approximate surface area is 98.7 Å². The molecule has 0 nitrogen and oxygen atoms in total. The predicted octanol–water partition coefficient (Wildman–Crippen LogP) is 4.67. The molecule has 0 fully saturated rings. The van der Waals surface area contributed by atoms with Gasteiger partial charge in [0.05, 0.1) is 5.38 Å². The first-order chi connectivity index (χ1) is 7.13. The van der Waals surface area contributed by atoms with Crippen molar-refractivity contribution in [1.29, 1.82) is 0 Å². The van der Waals surface area contributed by atoms with Crippen LogP contribution < -0.4 is 0 Å². The third-order valence-electron chi connectivity index (χ3n) is 2.98. The van der Waals surface area contributed by atoms with Gasteiger partial charge in [-0.25, -0.2) is 0 Å². The van der Waals surface area contributed by atoms with Crippen molar-refractivity contribution in [3.8, 4) is 0 Å². The van der Waals surface area contributed by atoms with Crippen LogP contribution in [0, 0.1) is 0 Å². The fourth-order valence-corrected chi connectivity index (χ4v) is 2.43. The zero-order valence-electron chi connectivity index (χ0n) is 10.2. The lowest BCUT2D eigenvalue weighted by molar-refractivity contribution is 0.943. The van der Waals surface area contributed by atoms with Crippen molar-refractivity contribution >= 4 is 11.6 Å². The second-order valence-electron chi connectivity index (χ2n) is 4.00. The summed E-state index contributed by atoms with van der Waals surface area (Å²) in [5.74, 6) is 0. The molecule has 0 heterocycles. The average molecular weight is 225 g/mol. The van der Waals surface area contributed by atoms with Gasteiger partial charge in [-0.2, -0.15) is 0 Å². The van der Waals surface area contributed by atoms with Gasteiger partial charge in [-0.15, -0.1) is 11.6 Å². The molecule has 0 aliphatic rings. The Bertz CT molecular complexity index is 301. The van der Waals surface area contributed by atoms with E-state index in [2.05, 4.69) is 39.8 Å². The molecule has 0 aliphatic heterocycles. The maximum atomic E-state index is 6.27. The molecule has 0 radical (unpaired) electrons. The molecule has 15 heavy (non-hydrogen) atoms. The van der Waals surface area contributed by atoms with Crippen LogP contribution in [0.15, 0.2) is 12.1 Å². The minimum atomic E-state index is 0.126. The molecular formula is C14H21Cl. The monoisotopic (exact) mass is 224 g/mol. The maximum Gasteiger partial charge on any atom is 0.0562 e. The van der Waals surface area contributed by atoms with Gasteiger partial charge in [0.1, 0.15) is 0 Å². The lowest BCUT2D eigenvalue weighted by Gasteiger charge is -2.17. The standard InChI is InChI=1S/C14H21Cl/c1-5-11-8-12(6-2)14(10(4)15)13(7-3)9-11/h8-10H,5-7H2,1-4H3. The first-order valence-electron chi connectivity index (χ1n) is 5.92. The molecule has 84 valence electrons. The topological polar surface area (TPSA) is 0 Å². The molecule has 0 aliphatic carbocycles. The van der Waals surface area contributed by atoms with Gasteiger partial charge in [0.2, 0.25) is 0 Å². The smallest absolute Gasteiger partial charge is 0.0562 e. The molecule has 0 saturated carbocycles. The Morgan fingerprint density at radius 1 is 1.00 bits per heavy atom. The van der Waals surface area contributed by atoms with Crippen molar-refractivity contribution in [2.24, 2.45) is 0 Å². The fourth-order valence-electron chi connectivity index (χ4n) is 2.15. The van der Waals surface area contributed by atoms with Gasteiger partial charge in [-0.05, 0) is 48.4 Å². The molecule has 0 aromatic heterocycles. The van der Waals surface area contributed by atoms with Gasteiger partial charge in [0.15, 0.2) is 0 Å². The van der Waals surface area contributed by atoms with E-state index in [9.17, 15) is 0 Å². The summed E-state index contributed by atoms with van der Waals surface area (Å²) in [6.45, 7) is 8.69. The molecule has 1 rings (SSSR count). The lowest BCUT2D eigenvalue weighted by Crippen LogP contribution is -2.01. The zero-order valence-corrected chi connectivity index (χ0v) is 11.0. The molecule has 1 aromatic rings. The van der Waals surface area contributed by atoms with Crippen LogP contribution in [0.4, 0.5) is 0 Å². The van der Waals surface area contributed by atoms with Crippen molar-refractivity contribution in [2.45, 2.75) is 52.3 Å². The van der Waals surface area contributed by atoms with E-state index in [-0.39, 0.29) is 5.38 Å². The van der Waals surface area contributed by atoms with Gasteiger partial charge in [-0.1, -0.05) is 32.9 Å². The highest BCUT2D eigenvalue weighted by Crippen LogP contribution is 2.29. The first-order valence-corrected chi connectivity index (χ1v) is 6.36. The fraction of sp³-hybridized carbons (Fsp3) is 0.571. The number of rotatable bonds is 4. The van der Waals surface area contributed by atoms with E-state index in [0.717, 1.165) is 19.3 Å². The van der Waals surface area contributed by atoms with Crippen molar-refractivity contribution in [3.63, 3.8) is 0 Å². The molecule has 0 amide bonds. The number of hydrogen-bond acceptors (Lipinski definition) is 0. The molecule has 0 saturated heterocycles. The maximum absolute atomic E-state index is 6.27. The molecule has 1 unspecified atom stereocenters. The number of benzene rings is 1. The highest BCUT2D eigenvalue weighted by atomic mass is 35.5. The van der Waals surface area contributed by atoms with E-state index in [1.165, 1.54) is 22.3 Å². The molecule has 1 atom stereocenters. The minimum absolute atomic E-state index is 0.126. The van der Waals surface area contributed by atoms with Crippen LogP contribution in [-0.4, -0.2) is 0 Å². The Morgan fingerprint density at radius 3 is 1.73 bits per heavy atom. The summed E-state index contributed by atoms with van der Waals surface area (Å²) in [6, 6.07) is 4.63. The zero-order chi connectivity index (χ0) is 11.4. The van der Waals surface area contributed by atoms with Crippen molar-refractivity contribution in [3.05, 3.63) is 34.4 Å². The minimum Gasteiger partial charge on any atom is -0.118 e. The number of alkyl halides is 1. The number of halogens is 1. The molecule has 0 spiro atoms. The van der Waals surface area contributed by atoms with Crippen molar-refractivity contribution in [2.75, 3.05) is 0 Å². The third kappa shape index (κ3) is 2.75. The van der Waals surface area contributed by atoms with E-state index in [1.54, 1.807) is 0 Å². The van der Waals surface area contributed by atoms with Crippen molar-refractivity contribution in [1.82, 2.24) is 0 Å². The largest absolute Gasteiger partial charge is 0.118 e. The van der Waals surface area contributed by atoms with Gasteiger partial charge < -0.3 is 0 Å². The van der Waals surface area contributed by atoms with E-state index in [0.29, 0.717) is 0 Å². The normalized spacial score (nSPS) is 12.9. The quantitative estimate of drug-likeness (QED) is 0.652. The Kier molecular flexibility index (Phi) is 4.66. The summed E-state index contributed by atoms with van der Waals surface area (Å²) in [4.78, 5) is 0. The molecule has 0 bridgehead atoms. The van der Waals surface area contributed by atoms with Crippen LogP contribution >= 0.6 is 11.6 Å². The van der Waals surface area contributed by atoms with Gasteiger partial charge in [0, 0.05) is 0 Å². The number of aryl methyl sites for hydroxylation is 3. The summed E-state index contributed by atoms with van der Waals surface area (Å²) in [7, 11) is 0. The highest BCUT2D eigenvalue weighted by Gasteiger charge is 2.12. The second kappa shape index (κ2) is 5.55. The van der Waals surface area contributed by atoms with E-state index < -0.39 is 0 Å². The number of hydrogen-bond donors (Lipinski definition) is 0. The van der Waals surface area contributed by atoms with Gasteiger partial charge >= 0.3 is 0 Å². The summed E-state index contributed by atoms with van der Waals surface area (Å²) >= 11 is 6.27. The molecule has 1 aromatic carbocycles. The Morgan fingerprint density at radius 2 is 1.47 bits per heavy atom. The van der Waals surface area contributed by atoms with Crippen LogP contribution in [0.1, 0.15) is 55.3 Å². The van der Waals surface area contributed by atoms with E-state index in [4.69, 9.17) is 11.6 Å². The molecule has 1 heteroatoms. The predicted molar refractivity (Wildman–Crippen MR) is 68.8 cm³/mol.